The highest BCUT2D eigenvalue weighted by atomic mass is 16.2. The van der Waals surface area contributed by atoms with Crippen LogP contribution < -0.4 is 10.2 Å². The fourth-order valence-corrected chi connectivity index (χ4v) is 2.39. The van der Waals surface area contributed by atoms with Gasteiger partial charge in [0.15, 0.2) is 0 Å². The maximum Gasteiger partial charge on any atom is 0.329 e. The zero-order chi connectivity index (χ0) is 14.1. The molecule has 0 aliphatic carbocycles. The number of rotatable bonds is 2. The Labute approximate surface area is 117 Å². The minimum Gasteiger partial charge on any atom is -0.321 e. The lowest BCUT2D eigenvalue weighted by Gasteiger charge is -2.15. The van der Waals surface area contributed by atoms with Crippen LogP contribution in [0.5, 0.6) is 0 Å². The van der Waals surface area contributed by atoms with Gasteiger partial charge in [-0.05, 0) is 24.1 Å². The fraction of sp³-hybridized carbons (Fsp3) is 0.125. The first kappa shape index (κ1) is 12.4. The van der Waals surface area contributed by atoms with E-state index in [4.69, 9.17) is 0 Å². The van der Waals surface area contributed by atoms with Crippen LogP contribution in [0.2, 0.25) is 0 Å². The summed E-state index contributed by atoms with van der Waals surface area (Å²) in [7, 11) is 0. The summed E-state index contributed by atoms with van der Waals surface area (Å²) in [6.07, 6.45) is 0. The van der Waals surface area contributed by atoms with Crippen LogP contribution >= 0.6 is 0 Å². The summed E-state index contributed by atoms with van der Waals surface area (Å²) in [5.41, 5.74) is 2.32. The van der Waals surface area contributed by atoms with Gasteiger partial charge in [-0.25, -0.2) is 9.69 Å². The number of hydrogen-bond donors (Lipinski definition) is 1. The van der Waals surface area contributed by atoms with Crippen molar-refractivity contribution in [3.8, 4) is 0 Å². The molecule has 0 spiro atoms. The molecule has 4 heteroatoms. The quantitative estimate of drug-likeness (QED) is 0.850. The van der Waals surface area contributed by atoms with Gasteiger partial charge in [0.1, 0.15) is 6.04 Å². The summed E-state index contributed by atoms with van der Waals surface area (Å²) in [6.45, 7) is 1.88. The number of carbonyl (C=O) groups excluding carboxylic acids is 2. The van der Waals surface area contributed by atoms with Gasteiger partial charge in [-0.3, -0.25) is 4.79 Å². The molecule has 1 saturated heterocycles. The lowest BCUT2D eigenvalue weighted by molar-refractivity contribution is -0.118. The van der Waals surface area contributed by atoms with Crippen LogP contribution in [0.15, 0.2) is 54.6 Å². The van der Waals surface area contributed by atoms with Crippen LogP contribution in [0, 0.1) is 6.92 Å². The number of imide groups is 1. The first-order chi connectivity index (χ1) is 9.68. The van der Waals surface area contributed by atoms with E-state index in [0.717, 1.165) is 11.1 Å². The molecule has 2 aromatic carbocycles. The molecule has 1 aliphatic rings. The monoisotopic (exact) mass is 266 g/mol. The summed E-state index contributed by atoms with van der Waals surface area (Å²) in [4.78, 5) is 25.8. The van der Waals surface area contributed by atoms with Crippen molar-refractivity contribution in [2.45, 2.75) is 13.0 Å². The van der Waals surface area contributed by atoms with Gasteiger partial charge < -0.3 is 5.32 Å². The van der Waals surface area contributed by atoms with Gasteiger partial charge in [-0.2, -0.15) is 0 Å². The Kier molecular flexibility index (Phi) is 2.99. The average molecular weight is 266 g/mol. The Morgan fingerprint density at radius 3 is 2.30 bits per heavy atom. The number of urea groups is 1. The maximum absolute atomic E-state index is 12.5. The van der Waals surface area contributed by atoms with E-state index in [2.05, 4.69) is 5.32 Å². The van der Waals surface area contributed by atoms with Crippen molar-refractivity contribution >= 4 is 17.6 Å². The number of para-hydroxylation sites is 1. The van der Waals surface area contributed by atoms with Crippen LogP contribution in [0.1, 0.15) is 17.2 Å². The Hall–Kier alpha value is -2.62. The average Bonchev–Trinajstić information content (AvgIpc) is 2.76. The molecule has 100 valence electrons. The normalized spacial score (nSPS) is 18.2. The van der Waals surface area contributed by atoms with Crippen molar-refractivity contribution in [2.24, 2.45) is 0 Å². The number of anilines is 1. The Balaban J connectivity index is 1.98. The topological polar surface area (TPSA) is 49.4 Å². The Morgan fingerprint density at radius 2 is 1.60 bits per heavy atom. The van der Waals surface area contributed by atoms with Crippen LogP contribution in [0.25, 0.3) is 0 Å². The van der Waals surface area contributed by atoms with E-state index >= 15 is 0 Å². The number of carbonyl (C=O) groups is 2. The molecule has 20 heavy (non-hydrogen) atoms. The van der Waals surface area contributed by atoms with Crippen LogP contribution in [-0.4, -0.2) is 11.9 Å². The zero-order valence-corrected chi connectivity index (χ0v) is 11.0. The van der Waals surface area contributed by atoms with E-state index in [1.807, 2.05) is 55.5 Å². The van der Waals surface area contributed by atoms with Crippen LogP contribution in [0.3, 0.4) is 0 Å². The molecule has 3 rings (SSSR count). The first-order valence-electron chi connectivity index (χ1n) is 6.43. The molecule has 0 bridgehead atoms. The largest absolute Gasteiger partial charge is 0.329 e. The first-order valence-corrected chi connectivity index (χ1v) is 6.43. The molecule has 4 nitrogen and oxygen atoms in total. The summed E-state index contributed by atoms with van der Waals surface area (Å²) < 4.78 is 0. The fourth-order valence-electron chi connectivity index (χ4n) is 2.39. The Morgan fingerprint density at radius 1 is 0.950 bits per heavy atom. The number of nitrogens with zero attached hydrogens (tertiary/aromatic N) is 1. The van der Waals surface area contributed by atoms with Crippen molar-refractivity contribution < 1.29 is 9.59 Å². The molecule has 0 saturated carbocycles. The highest BCUT2D eigenvalue weighted by Gasteiger charge is 2.40. The van der Waals surface area contributed by atoms with E-state index in [0.29, 0.717) is 5.69 Å². The molecular formula is C16H14N2O2. The maximum atomic E-state index is 12.5. The lowest BCUT2D eigenvalue weighted by atomic mass is 10.1. The van der Waals surface area contributed by atoms with Crippen molar-refractivity contribution in [3.05, 3.63) is 65.7 Å². The molecule has 0 aromatic heterocycles. The lowest BCUT2D eigenvalue weighted by Crippen LogP contribution is -2.31. The third-order valence-electron chi connectivity index (χ3n) is 3.43. The molecule has 1 aliphatic heterocycles. The third-order valence-corrected chi connectivity index (χ3v) is 3.43. The zero-order valence-electron chi connectivity index (χ0n) is 11.0. The van der Waals surface area contributed by atoms with Gasteiger partial charge in [-0.1, -0.05) is 48.5 Å². The second kappa shape index (κ2) is 4.81. The van der Waals surface area contributed by atoms with Gasteiger partial charge in [0.2, 0.25) is 0 Å². The molecule has 1 unspecified atom stereocenters. The predicted octanol–water partition coefficient (Wildman–Crippen LogP) is 2.79. The highest BCUT2D eigenvalue weighted by Crippen LogP contribution is 2.28. The second-order valence-corrected chi connectivity index (χ2v) is 4.75. The molecular weight excluding hydrogens is 252 g/mol. The number of aryl methyl sites for hydroxylation is 1. The van der Waals surface area contributed by atoms with E-state index in [1.54, 1.807) is 6.07 Å². The van der Waals surface area contributed by atoms with E-state index in [9.17, 15) is 9.59 Å². The van der Waals surface area contributed by atoms with E-state index in [1.165, 1.54) is 4.90 Å². The molecule has 1 N–H and O–H groups in total. The van der Waals surface area contributed by atoms with Crippen LogP contribution in [0.4, 0.5) is 10.5 Å². The molecule has 1 heterocycles. The van der Waals surface area contributed by atoms with Gasteiger partial charge in [0.05, 0.1) is 5.69 Å². The second-order valence-electron chi connectivity index (χ2n) is 4.75. The van der Waals surface area contributed by atoms with E-state index < -0.39 is 6.04 Å². The smallest absolute Gasteiger partial charge is 0.321 e. The highest BCUT2D eigenvalue weighted by molar-refractivity contribution is 6.21. The van der Waals surface area contributed by atoms with Crippen molar-refractivity contribution in [3.63, 3.8) is 0 Å². The summed E-state index contributed by atoms with van der Waals surface area (Å²) >= 11 is 0. The van der Waals surface area contributed by atoms with Crippen molar-refractivity contribution in [2.75, 3.05) is 4.90 Å². The van der Waals surface area contributed by atoms with Gasteiger partial charge in [0, 0.05) is 0 Å². The Bertz CT molecular complexity index is 667. The third kappa shape index (κ3) is 1.95. The predicted molar refractivity (Wildman–Crippen MR) is 76.4 cm³/mol. The summed E-state index contributed by atoms with van der Waals surface area (Å²) in [5, 5.41) is 2.73. The van der Waals surface area contributed by atoms with E-state index in [-0.39, 0.29) is 11.9 Å². The molecule has 0 radical (unpaired) electrons. The molecule has 1 fully saturated rings. The molecule has 3 amide bonds. The number of amides is 3. The standard InChI is InChI=1S/C16H14N2O2/c1-11-7-5-6-10-13(11)18-15(19)14(17-16(18)20)12-8-3-2-4-9-12/h2-10,14H,1H3,(H,17,20). The summed E-state index contributed by atoms with van der Waals surface area (Å²) in [5.74, 6) is -0.240. The SMILES string of the molecule is Cc1ccccc1N1C(=O)NC(c2ccccc2)C1=O. The number of hydrogen-bond acceptors (Lipinski definition) is 2. The van der Waals surface area contributed by atoms with Crippen molar-refractivity contribution in [1.29, 1.82) is 0 Å². The number of benzene rings is 2. The van der Waals surface area contributed by atoms with Gasteiger partial charge in [-0.15, -0.1) is 0 Å². The van der Waals surface area contributed by atoms with Gasteiger partial charge >= 0.3 is 6.03 Å². The van der Waals surface area contributed by atoms with Gasteiger partial charge in [0.25, 0.3) is 5.91 Å². The van der Waals surface area contributed by atoms with Crippen molar-refractivity contribution in [1.82, 2.24) is 5.32 Å². The minimum atomic E-state index is -0.608. The minimum absolute atomic E-state index is 0.240. The molecule has 2 aromatic rings. The van der Waals surface area contributed by atoms with Crippen LogP contribution in [-0.2, 0) is 4.79 Å². The summed E-state index contributed by atoms with van der Waals surface area (Å²) in [6, 6.07) is 15.6. The molecule has 1 atom stereocenters. The number of nitrogens with one attached hydrogen (secondary N) is 1.